The molecular weight excluding hydrogens is 184 g/mol. The smallest absolute Gasteiger partial charge is 0.270 e. The molecule has 0 aliphatic carbocycles. The van der Waals surface area contributed by atoms with Crippen LogP contribution in [-0.4, -0.2) is 28.6 Å². The number of methoxy groups -OCH3 is 1. The van der Waals surface area contributed by atoms with Crippen LogP contribution in [0.1, 0.15) is 12.8 Å². The highest BCUT2D eigenvalue weighted by Crippen LogP contribution is 2.01. The lowest BCUT2D eigenvalue weighted by Crippen LogP contribution is -2.22. The molecule has 5 nitrogen and oxygen atoms in total. The summed E-state index contributed by atoms with van der Waals surface area (Å²) in [5, 5.41) is 12.5. The molecule has 0 aliphatic heterocycles. The molecule has 1 aromatic rings. The molecule has 1 heterocycles. The lowest BCUT2D eigenvalue weighted by Gasteiger charge is -2.04. The van der Waals surface area contributed by atoms with Gasteiger partial charge in [-0.3, -0.25) is 4.79 Å². The Hall–Kier alpha value is -1.36. The first-order valence-corrected chi connectivity index (χ1v) is 4.50. The Morgan fingerprint density at radius 3 is 2.93 bits per heavy atom. The van der Waals surface area contributed by atoms with E-state index in [1.54, 1.807) is 0 Å². The largest absolute Gasteiger partial charge is 0.495 e. The predicted molar refractivity (Wildman–Crippen MR) is 51.4 cm³/mol. The van der Waals surface area contributed by atoms with Gasteiger partial charge in [-0.15, -0.1) is 0 Å². The highest BCUT2D eigenvalue weighted by Gasteiger charge is 1.99. The van der Waals surface area contributed by atoms with E-state index in [0.717, 1.165) is 6.42 Å². The zero-order chi connectivity index (χ0) is 10.4. The second kappa shape index (κ2) is 5.39. The van der Waals surface area contributed by atoms with Crippen LogP contribution >= 0.6 is 0 Å². The first-order valence-electron chi connectivity index (χ1n) is 4.50. The molecule has 0 amide bonds. The van der Waals surface area contributed by atoms with Crippen LogP contribution in [0, 0.1) is 0 Å². The normalized spacial score (nSPS) is 10.1. The number of aliphatic hydroxyl groups excluding tert-OH is 1. The summed E-state index contributed by atoms with van der Waals surface area (Å²) >= 11 is 0. The zero-order valence-corrected chi connectivity index (χ0v) is 8.14. The fraction of sp³-hybridized carbons (Fsp3) is 0.556. The van der Waals surface area contributed by atoms with E-state index in [1.165, 1.54) is 24.1 Å². The number of rotatable bonds is 5. The molecule has 78 valence electrons. The highest BCUT2D eigenvalue weighted by atomic mass is 16.5. The Labute approximate surface area is 81.9 Å². The van der Waals surface area contributed by atoms with Crippen molar-refractivity contribution in [1.29, 1.82) is 0 Å². The lowest BCUT2D eigenvalue weighted by atomic mass is 10.3. The second-order valence-electron chi connectivity index (χ2n) is 2.89. The minimum absolute atomic E-state index is 0.144. The van der Waals surface area contributed by atoms with Crippen LogP contribution in [0.15, 0.2) is 17.1 Å². The quantitative estimate of drug-likeness (QED) is 0.678. The lowest BCUT2D eigenvalue weighted by molar-refractivity contribution is 0.279. The van der Waals surface area contributed by atoms with E-state index in [4.69, 9.17) is 9.84 Å². The minimum atomic E-state index is -0.178. The van der Waals surface area contributed by atoms with E-state index in [1.807, 2.05) is 0 Å². The van der Waals surface area contributed by atoms with E-state index in [2.05, 4.69) is 5.10 Å². The fourth-order valence-electron chi connectivity index (χ4n) is 1.07. The first-order chi connectivity index (χ1) is 6.77. The molecule has 0 saturated carbocycles. The van der Waals surface area contributed by atoms with E-state index < -0.39 is 0 Å². The Morgan fingerprint density at radius 2 is 2.36 bits per heavy atom. The van der Waals surface area contributed by atoms with Gasteiger partial charge in [0.25, 0.3) is 5.56 Å². The molecule has 0 unspecified atom stereocenters. The minimum Gasteiger partial charge on any atom is -0.495 e. The Kier molecular flexibility index (Phi) is 4.12. The number of ether oxygens (including phenoxy) is 1. The summed E-state index contributed by atoms with van der Waals surface area (Å²) in [5.41, 5.74) is -0.178. The maximum atomic E-state index is 11.4. The van der Waals surface area contributed by atoms with Gasteiger partial charge in [-0.2, -0.15) is 5.10 Å². The maximum Gasteiger partial charge on any atom is 0.270 e. The van der Waals surface area contributed by atoms with E-state index >= 15 is 0 Å². The van der Waals surface area contributed by atoms with Crippen molar-refractivity contribution in [2.24, 2.45) is 0 Å². The number of aliphatic hydroxyl groups is 1. The Balaban J connectivity index is 2.64. The topological polar surface area (TPSA) is 64.3 Å². The average molecular weight is 198 g/mol. The maximum absolute atomic E-state index is 11.4. The van der Waals surface area contributed by atoms with Crippen LogP contribution in [0.2, 0.25) is 0 Å². The Bertz CT molecular complexity index is 335. The van der Waals surface area contributed by atoms with Crippen molar-refractivity contribution >= 4 is 0 Å². The molecule has 0 fully saturated rings. The number of hydrogen-bond acceptors (Lipinski definition) is 4. The van der Waals surface area contributed by atoms with Gasteiger partial charge < -0.3 is 9.84 Å². The van der Waals surface area contributed by atoms with E-state index in [9.17, 15) is 4.79 Å². The van der Waals surface area contributed by atoms with Gasteiger partial charge in [0.15, 0.2) is 0 Å². The van der Waals surface area contributed by atoms with Crippen molar-refractivity contribution < 1.29 is 9.84 Å². The molecule has 0 atom stereocenters. The molecule has 0 spiro atoms. The summed E-state index contributed by atoms with van der Waals surface area (Å²) in [7, 11) is 1.49. The van der Waals surface area contributed by atoms with Crippen LogP contribution in [0.4, 0.5) is 0 Å². The fourth-order valence-corrected chi connectivity index (χ4v) is 1.07. The number of aryl methyl sites for hydroxylation is 1. The van der Waals surface area contributed by atoms with Crippen LogP contribution in [0.25, 0.3) is 0 Å². The van der Waals surface area contributed by atoms with Gasteiger partial charge in [0, 0.05) is 19.2 Å². The summed E-state index contributed by atoms with van der Waals surface area (Å²) in [6.07, 6.45) is 2.93. The van der Waals surface area contributed by atoms with Gasteiger partial charge in [-0.25, -0.2) is 4.68 Å². The van der Waals surface area contributed by atoms with Crippen LogP contribution in [0.5, 0.6) is 5.75 Å². The average Bonchev–Trinajstić information content (AvgIpc) is 2.20. The third-order valence-electron chi connectivity index (χ3n) is 1.86. The molecule has 0 aromatic carbocycles. The molecule has 1 N–H and O–H groups in total. The second-order valence-corrected chi connectivity index (χ2v) is 2.89. The van der Waals surface area contributed by atoms with E-state index in [-0.39, 0.29) is 12.2 Å². The van der Waals surface area contributed by atoms with Crippen molar-refractivity contribution in [3.05, 3.63) is 22.6 Å². The molecule has 0 bridgehead atoms. The van der Waals surface area contributed by atoms with Gasteiger partial charge >= 0.3 is 0 Å². The molecule has 5 heteroatoms. The monoisotopic (exact) mass is 198 g/mol. The van der Waals surface area contributed by atoms with Crippen molar-refractivity contribution in [2.75, 3.05) is 13.7 Å². The molecule has 0 saturated heterocycles. The summed E-state index contributed by atoms with van der Waals surface area (Å²) < 4.78 is 6.22. The van der Waals surface area contributed by atoms with Gasteiger partial charge in [-0.1, -0.05) is 0 Å². The van der Waals surface area contributed by atoms with Crippen LogP contribution in [0.3, 0.4) is 0 Å². The summed E-state index contributed by atoms with van der Waals surface area (Å²) in [6.45, 7) is 0.675. The number of aromatic nitrogens is 2. The molecule has 0 radical (unpaired) electrons. The summed E-state index contributed by atoms with van der Waals surface area (Å²) in [6, 6.07) is 1.39. The molecule has 0 aliphatic rings. The third-order valence-corrected chi connectivity index (χ3v) is 1.86. The Morgan fingerprint density at radius 1 is 1.57 bits per heavy atom. The predicted octanol–water partition coefficient (Wildman–Crippen LogP) is 0.0244. The first kappa shape index (κ1) is 10.7. The van der Waals surface area contributed by atoms with Gasteiger partial charge in [-0.05, 0) is 12.8 Å². The standard InChI is InChI=1S/C9H14N2O3/c1-14-8-6-9(13)11(10-7-8)4-2-3-5-12/h6-7,12H,2-5H2,1H3. The number of nitrogens with zero attached hydrogens (tertiary/aromatic N) is 2. The SMILES string of the molecule is COc1cnn(CCCCO)c(=O)c1. The molecule has 1 rings (SSSR count). The van der Waals surface area contributed by atoms with Crippen LogP contribution in [-0.2, 0) is 6.54 Å². The number of unbranched alkanes of at least 4 members (excludes halogenated alkanes) is 1. The van der Waals surface area contributed by atoms with Crippen LogP contribution < -0.4 is 10.3 Å². The molecular formula is C9H14N2O3. The van der Waals surface area contributed by atoms with E-state index in [0.29, 0.717) is 18.7 Å². The third kappa shape index (κ3) is 2.85. The molecule has 1 aromatic heterocycles. The van der Waals surface area contributed by atoms with Gasteiger partial charge in [0.1, 0.15) is 5.75 Å². The summed E-state index contributed by atoms with van der Waals surface area (Å²) in [4.78, 5) is 11.4. The van der Waals surface area contributed by atoms with Gasteiger partial charge in [0.2, 0.25) is 0 Å². The van der Waals surface area contributed by atoms with Gasteiger partial charge in [0.05, 0.1) is 13.3 Å². The van der Waals surface area contributed by atoms with Crippen molar-refractivity contribution in [3.63, 3.8) is 0 Å². The van der Waals surface area contributed by atoms with Crippen molar-refractivity contribution in [3.8, 4) is 5.75 Å². The zero-order valence-electron chi connectivity index (χ0n) is 8.14. The molecule has 14 heavy (non-hydrogen) atoms. The highest BCUT2D eigenvalue weighted by molar-refractivity contribution is 5.12. The number of hydrogen-bond donors (Lipinski definition) is 1. The summed E-state index contributed by atoms with van der Waals surface area (Å²) in [5.74, 6) is 0.466. The van der Waals surface area contributed by atoms with Crippen molar-refractivity contribution in [1.82, 2.24) is 9.78 Å². The van der Waals surface area contributed by atoms with Crippen molar-refractivity contribution in [2.45, 2.75) is 19.4 Å².